The Kier molecular flexibility index (Phi) is 1.54. The third-order valence-corrected chi connectivity index (χ3v) is 2.29. The average molecular weight is 228 g/mol. The first-order chi connectivity index (χ1) is 5.70. The van der Waals surface area contributed by atoms with Gasteiger partial charge in [0.05, 0.1) is 6.20 Å². The molecule has 0 saturated carbocycles. The summed E-state index contributed by atoms with van der Waals surface area (Å²) in [6, 6.07) is 0. The molecular formula is C7H6BrN3O. The number of fused-ring (bicyclic) bond motifs is 1. The molecule has 62 valence electrons. The lowest BCUT2D eigenvalue weighted by molar-refractivity contribution is 0.840. The molecule has 5 heteroatoms. The van der Waals surface area contributed by atoms with Gasteiger partial charge in [-0.1, -0.05) is 0 Å². The number of aromatic nitrogens is 3. The van der Waals surface area contributed by atoms with Gasteiger partial charge in [-0.25, -0.2) is 4.98 Å². The summed E-state index contributed by atoms with van der Waals surface area (Å²) >= 11 is 3.28. The highest BCUT2D eigenvalue weighted by Gasteiger charge is 2.03. The van der Waals surface area contributed by atoms with Crippen LogP contribution in [-0.4, -0.2) is 14.0 Å². The maximum absolute atomic E-state index is 11.4. The largest absolute Gasteiger partial charge is 0.314 e. The molecule has 12 heavy (non-hydrogen) atoms. The fourth-order valence-electron chi connectivity index (χ4n) is 1.03. The van der Waals surface area contributed by atoms with Crippen molar-refractivity contribution in [2.45, 2.75) is 0 Å². The summed E-state index contributed by atoms with van der Waals surface area (Å²) < 4.78 is 3.98. The first-order valence-corrected chi connectivity index (χ1v) is 4.17. The van der Waals surface area contributed by atoms with E-state index < -0.39 is 0 Å². The van der Waals surface area contributed by atoms with Crippen LogP contribution >= 0.6 is 15.9 Å². The van der Waals surface area contributed by atoms with E-state index in [1.54, 1.807) is 30.0 Å². The Morgan fingerprint density at radius 1 is 1.50 bits per heavy atom. The molecule has 0 N–H and O–H groups in total. The van der Waals surface area contributed by atoms with Crippen molar-refractivity contribution < 1.29 is 0 Å². The van der Waals surface area contributed by atoms with Crippen LogP contribution in [0.25, 0.3) is 5.65 Å². The molecule has 0 spiro atoms. The molecule has 0 aliphatic rings. The van der Waals surface area contributed by atoms with E-state index in [9.17, 15) is 4.79 Å². The Labute approximate surface area is 76.6 Å². The second kappa shape index (κ2) is 2.45. The fraction of sp³-hybridized carbons (Fsp3) is 0.143. The van der Waals surface area contributed by atoms with Crippen LogP contribution in [0.15, 0.2) is 28.0 Å². The van der Waals surface area contributed by atoms with Gasteiger partial charge < -0.3 is 4.57 Å². The number of aryl methyl sites for hydroxylation is 1. The standard InChI is InChI=1S/C7H6BrN3O/c1-10-2-3-11-5(8)4-9-6(11)7(10)12/h2-4H,1H3. The van der Waals surface area contributed by atoms with E-state index in [0.29, 0.717) is 5.65 Å². The molecule has 0 amide bonds. The van der Waals surface area contributed by atoms with Crippen LogP contribution in [0.3, 0.4) is 0 Å². The Hall–Kier alpha value is -1.10. The van der Waals surface area contributed by atoms with Gasteiger partial charge in [0.2, 0.25) is 5.65 Å². The second-order valence-corrected chi connectivity index (χ2v) is 3.30. The summed E-state index contributed by atoms with van der Waals surface area (Å²) in [6.07, 6.45) is 5.09. The minimum absolute atomic E-state index is 0.0943. The predicted octanol–water partition coefficient (Wildman–Crippen LogP) is 0.795. The molecule has 0 saturated heterocycles. The van der Waals surface area contributed by atoms with E-state index in [-0.39, 0.29) is 5.56 Å². The molecule has 2 rings (SSSR count). The molecule has 4 nitrogen and oxygen atoms in total. The number of imidazole rings is 1. The van der Waals surface area contributed by atoms with Gasteiger partial charge in [-0.2, -0.15) is 0 Å². The quantitative estimate of drug-likeness (QED) is 0.668. The van der Waals surface area contributed by atoms with Crippen LogP contribution < -0.4 is 5.56 Å². The van der Waals surface area contributed by atoms with Gasteiger partial charge in [-0.3, -0.25) is 9.20 Å². The lowest BCUT2D eigenvalue weighted by Crippen LogP contribution is -2.18. The van der Waals surface area contributed by atoms with Crippen molar-refractivity contribution in [2.24, 2.45) is 7.05 Å². The van der Waals surface area contributed by atoms with Gasteiger partial charge in [0.25, 0.3) is 5.56 Å². The summed E-state index contributed by atoms with van der Waals surface area (Å²) in [4.78, 5) is 15.4. The monoisotopic (exact) mass is 227 g/mol. The van der Waals surface area contributed by atoms with E-state index in [4.69, 9.17) is 0 Å². The second-order valence-electron chi connectivity index (χ2n) is 2.49. The topological polar surface area (TPSA) is 39.3 Å². The Morgan fingerprint density at radius 2 is 2.25 bits per heavy atom. The number of halogens is 1. The summed E-state index contributed by atoms with van der Waals surface area (Å²) in [5, 5.41) is 0. The molecule has 0 atom stereocenters. The van der Waals surface area contributed by atoms with Crippen molar-refractivity contribution in [2.75, 3.05) is 0 Å². The van der Waals surface area contributed by atoms with Gasteiger partial charge in [0.15, 0.2) is 0 Å². The van der Waals surface area contributed by atoms with Crippen molar-refractivity contribution in [1.29, 1.82) is 0 Å². The van der Waals surface area contributed by atoms with Crippen molar-refractivity contribution in [3.8, 4) is 0 Å². The van der Waals surface area contributed by atoms with Crippen molar-refractivity contribution in [3.63, 3.8) is 0 Å². The number of nitrogens with zero attached hydrogens (tertiary/aromatic N) is 3. The van der Waals surface area contributed by atoms with Gasteiger partial charge in [-0.05, 0) is 15.9 Å². The summed E-state index contributed by atoms with van der Waals surface area (Å²) in [5.74, 6) is 0. The third kappa shape index (κ3) is 0.896. The van der Waals surface area contributed by atoms with E-state index in [0.717, 1.165) is 4.60 Å². The SMILES string of the molecule is Cn1ccn2c(Br)cnc2c1=O. The molecule has 0 bridgehead atoms. The van der Waals surface area contributed by atoms with Crippen LogP contribution in [0.1, 0.15) is 0 Å². The number of rotatable bonds is 0. The summed E-state index contributed by atoms with van der Waals surface area (Å²) in [6.45, 7) is 0. The number of hydrogen-bond donors (Lipinski definition) is 0. The zero-order valence-electron chi connectivity index (χ0n) is 6.36. The van der Waals surface area contributed by atoms with Crippen molar-refractivity contribution in [1.82, 2.24) is 14.0 Å². The highest BCUT2D eigenvalue weighted by atomic mass is 79.9. The highest BCUT2D eigenvalue weighted by molar-refractivity contribution is 9.10. The van der Waals surface area contributed by atoms with Crippen LogP contribution in [-0.2, 0) is 7.05 Å². The molecule has 2 heterocycles. The summed E-state index contributed by atoms with van der Waals surface area (Å²) in [5.41, 5.74) is 0.343. The van der Waals surface area contributed by atoms with Gasteiger partial charge in [0.1, 0.15) is 4.60 Å². The molecule has 0 aliphatic carbocycles. The molecule has 0 fully saturated rings. The van der Waals surface area contributed by atoms with Crippen molar-refractivity contribution >= 4 is 21.6 Å². The molecular weight excluding hydrogens is 222 g/mol. The van der Waals surface area contributed by atoms with Crippen LogP contribution in [0.4, 0.5) is 0 Å². The minimum Gasteiger partial charge on any atom is -0.314 e. The first-order valence-electron chi connectivity index (χ1n) is 3.38. The minimum atomic E-state index is -0.0943. The van der Waals surface area contributed by atoms with Gasteiger partial charge in [0, 0.05) is 19.4 Å². The smallest absolute Gasteiger partial charge is 0.293 e. The highest BCUT2D eigenvalue weighted by Crippen LogP contribution is 2.08. The van der Waals surface area contributed by atoms with Crippen LogP contribution in [0.5, 0.6) is 0 Å². The molecule has 2 aromatic heterocycles. The van der Waals surface area contributed by atoms with Crippen LogP contribution in [0.2, 0.25) is 0 Å². The normalized spacial score (nSPS) is 10.8. The molecule has 0 unspecified atom stereocenters. The molecule has 0 radical (unpaired) electrons. The fourth-order valence-corrected chi connectivity index (χ4v) is 1.42. The van der Waals surface area contributed by atoms with Gasteiger partial charge in [-0.15, -0.1) is 0 Å². The Balaban J connectivity index is 3.03. The maximum atomic E-state index is 11.4. The van der Waals surface area contributed by atoms with E-state index >= 15 is 0 Å². The zero-order valence-corrected chi connectivity index (χ0v) is 7.95. The maximum Gasteiger partial charge on any atom is 0.293 e. The average Bonchev–Trinajstić information content (AvgIpc) is 2.41. The zero-order chi connectivity index (χ0) is 8.72. The Morgan fingerprint density at radius 3 is 3.00 bits per heavy atom. The first kappa shape index (κ1) is 7.54. The van der Waals surface area contributed by atoms with Gasteiger partial charge >= 0.3 is 0 Å². The molecule has 0 aromatic carbocycles. The number of hydrogen-bond acceptors (Lipinski definition) is 2. The Bertz CT molecular complexity index is 485. The van der Waals surface area contributed by atoms with E-state index in [2.05, 4.69) is 20.9 Å². The third-order valence-electron chi connectivity index (χ3n) is 1.70. The van der Waals surface area contributed by atoms with E-state index in [1.165, 1.54) is 4.57 Å². The molecule has 2 aromatic rings. The van der Waals surface area contributed by atoms with E-state index in [1.807, 2.05) is 0 Å². The van der Waals surface area contributed by atoms with Crippen molar-refractivity contribution in [3.05, 3.63) is 33.5 Å². The summed E-state index contributed by atoms with van der Waals surface area (Å²) in [7, 11) is 1.70. The lowest BCUT2D eigenvalue weighted by atomic mass is 10.6. The lowest BCUT2D eigenvalue weighted by Gasteiger charge is -1.97. The van der Waals surface area contributed by atoms with Crippen LogP contribution in [0, 0.1) is 0 Å². The molecule has 0 aliphatic heterocycles. The predicted molar refractivity (Wildman–Crippen MR) is 48.1 cm³/mol.